The quantitative estimate of drug-likeness (QED) is 0.531. The highest BCUT2D eigenvalue weighted by molar-refractivity contribution is 5.96. The van der Waals surface area contributed by atoms with Gasteiger partial charge in [-0.1, -0.05) is 48.5 Å². The second kappa shape index (κ2) is 7.04. The number of hydrogen-bond acceptors (Lipinski definition) is 4. The van der Waals surface area contributed by atoms with Crippen molar-refractivity contribution in [3.63, 3.8) is 0 Å². The number of nitrogens with zero attached hydrogens (tertiary/aromatic N) is 2. The summed E-state index contributed by atoms with van der Waals surface area (Å²) in [7, 11) is 0. The minimum atomic E-state index is -1.06. The van der Waals surface area contributed by atoms with Crippen LogP contribution >= 0.6 is 0 Å². The first-order chi connectivity index (χ1) is 14.6. The predicted molar refractivity (Wildman–Crippen MR) is 111 cm³/mol. The first-order valence-electron chi connectivity index (χ1n) is 9.45. The molecule has 2 N–H and O–H groups in total. The molecule has 0 atom stereocenters. The van der Waals surface area contributed by atoms with Crippen LogP contribution in [-0.2, 0) is 4.74 Å². The van der Waals surface area contributed by atoms with E-state index in [0.717, 1.165) is 22.3 Å². The molecule has 5 rings (SSSR count). The van der Waals surface area contributed by atoms with Gasteiger partial charge in [-0.05, 0) is 34.4 Å². The van der Waals surface area contributed by atoms with Gasteiger partial charge in [0.15, 0.2) is 5.82 Å². The van der Waals surface area contributed by atoms with Gasteiger partial charge in [0.1, 0.15) is 6.61 Å². The largest absolute Gasteiger partial charge is 0.478 e. The smallest absolute Gasteiger partial charge is 0.412 e. The molecular formula is C23H17N3O4. The monoisotopic (exact) mass is 399 g/mol. The Morgan fingerprint density at radius 2 is 1.67 bits per heavy atom. The number of carbonyl (C=O) groups excluding carboxylic acids is 1. The summed E-state index contributed by atoms with van der Waals surface area (Å²) in [6.07, 6.45) is 0.974. The number of hydrogen-bond donors (Lipinski definition) is 2. The molecule has 1 aliphatic rings. The molecule has 0 bridgehead atoms. The molecular weight excluding hydrogens is 382 g/mol. The van der Waals surface area contributed by atoms with E-state index in [1.807, 2.05) is 24.3 Å². The van der Waals surface area contributed by atoms with Gasteiger partial charge in [-0.2, -0.15) is 0 Å². The molecule has 0 aliphatic heterocycles. The van der Waals surface area contributed by atoms with Crippen LogP contribution in [0.2, 0.25) is 0 Å². The summed E-state index contributed by atoms with van der Waals surface area (Å²) < 4.78 is 6.91. The van der Waals surface area contributed by atoms with Gasteiger partial charge in [-0.3, -0.25) is 5.32 Å². The molecule has 2 heterocycles. The number of anilines is 1. The Balaban J connectivity index is 1.33. The van der Waals surface area contributed by atoms with Crippen molar-refractivity contribution in [3.8, 4) is 11.1 Å². The van der Waals surface area contributed by atoms with E-state index >= 15 is 0 Å². The first kappa shape index (κ1) is 17.9. The molecule has 7 nitrogen and oxygen atoms in total. The number of pyridine rings is 1. The van der Waals surface area contributed by atoms with Crippen LogP contribution in [0.5, 0.6) is 0 Å². The van der Waals surface area contributed by atoms with E-state index < -0.39 is 12.1 Å². The lowest BCUT2D eigenvalue weighted by Crippen LogP contribution is -2.18. The van der Waals surface area contributed by atoms with Crippen molar-refractivity contribution >= 4 is 23.4 Å². The molecule has 0 saturated heterocycles. The fourth-order valence-corrected chi connectivity index (χ4v) is 4.00. The maximum Gasteiger partial charge on any atom is 0.412 e. The Kier molecular flexibility index (Phi) is 4.21. The van der Waals surface area contributed by atoms with Crippen LogP contribution in [0.1, 0.15) is 27.4 Å². The fourth-order valence-electron chi connectivity index (χ4n) is 4.00. The predicted octanol–water partition coefficient (Wildman–Crippen LogP) is 4.39. The van der Waals surface area contributed by atoms with E-state index in [4.69, 9.17) is 4.74 Å². The minimum Gasteiger partial charge on any atom is -0.478 e. The van der Waals surface area contributed by atoms with Gasteiger partial charge in [0.2, 0.25) is 0 Å². The second-order valence-electron chi connectivity index (χ2n) is 7.04. The van der Waals surface area contributed by atoms with Crippen LogP contribution < -0.4 is 5.32 Å². The minimum absolute atomic E-state index is 0.0390. The summed E-state index contributed by atoms with van der Waals surface area (Å²) in [6, 6.07) is 20.8. The van der Waals surface area contributed by atoms with E-state index in [1.165, 1.54) is 16.6 Å². The number of ether oxygens (including phenoxy) is 1. The average molecular weight is 399 g/mol. The zero-order chi connectivity index (χ0) is 20.7. The molecule has 0 fully saturated rings. The van der Waals surface area contributed by atoms with Crippen LogP contribution in [0.15, 0.2) is 72.9 Å². The summed E-state index contributed by atoms with van der Waals surface area (Å²) in [5.41, 5.74) is 5.06. The second-order valence-corrected chi connectivity index (χ2v) is 7.04. The van der Waals surface area contributed by atoms with Crippen LogP contribution in [0.25, 0.3) is 16.6 Å². The number of nitrogens with one attached hydrogen (secondary N) is 1. The van der Waals surface area contributed by atoms with Crippen molar-refractivity contribution in [2.75, 3.05) is 11.9 Å². The Morgan fingerprint density at radius 3 is 2.33 bits per heavy atom. The number of carboxylic acid groups (broad SMARTS) is 1. The molecule has 0 spiro atoms. The molecule has 0 unspecified atom stereocenters. The maximum atomic E-state index is 12.4. The first-order valence-corrected chi connectivity index (χ1v) is 9.45. The van der Waals surface area contributed by atoms with E-state index in [9.17, 15) is 14.7 Å². The number of carbonyl (C=O) groups is 2. The average Bonchev–Trinajstić information content (AvgIpc) is 3.30. The van der Waals surface area contributed by atoms with E-state index in [2.05, 4.69) is 34.7 Å². The Bertz CT molecular complexity index is 1250. The summed E-state index contributed by atoms with van der Waals surface area (Å²) in [5, 5.41) is 16.1. The molecule has 7 heteroatoms. The van der Waals surface area contributed by atoms with E-state index in [-0.39, 0.29) is 23.9 Å². The van der Waals surface area contributed by atoms with Gasteiger partial charge in [-0.15, -0.1) is 5.10 Å². The topological polar surface area (TPSA) is 92.9 Å². The van der Waals surface area contributed by atoms with Gasteiger partial charge in [-0.25, -0.2) is 14.1 Å². The number of amides is 1. The Labute approximate surface area is 171 Å². The lowest BCUT2D eigenvalue weighted by Gasteiger charge is -2.14. The van der Waals surface area contributed by atoms with Gasteiger partial charge < -0.3 is 9.84 Å². The standard InChI is InChI=1S/C23H17N3O4/c27-22(28)18-10-5-11-26-20(18)12-21(25-26)24-23(29)30-13-19-16-8-3-1-6-14(16)15-7-2-4-9-17(15)19/h1-12,19H,13H2,(H,27,28)(H,24,25,29). The molecule has 0 radical (unpaired) electrons. The maximum absolute atomic E-state index is 12.4. The number of benzene rings is 2. The number of aromatic carboxylic acids is 1. The van der Waals surface area contributed by atoms with Crippen LogP contribution in [-0.4, -0.2) is 33.4 Å². The number of rotatable bonds is 4. The Hall–Kier alpha value is -4.13. The normalized spacial score (nSPS) is 12.4. The zero-order valence-electron chi connectivity index (χ0n) is 15.8. The molecule has 2 aromatic heterocycles. The number of aromatic nitrogens is 2. The molecule has 0 saturated carbocycles. The molecule has 1 aliphatic carbocycles. The molecule has 4 aromatic rings. The van der Waals surface area contributed by atoms with Crippen molar-refractivity contribution in [2.45, 2.75) is 5.92 Å². The third kappa shape index (κ3) is 2.97. The highest BCUT2D eigenvalue weighted by atomic mass is 16.5. The SMILES string of the molecule is O=C(Nc1cc2c(C(=O)O)cccn2n1)OCC1c2ccccc2-c2ccccc21. The summed E-state index contributed by atoms with van der Waals surface area (Å²) in [5.74, 6) is -0.878. The van der Waals surface area contributed by atoms with Gasteiger partial charge >= 0.3 is 12.1 Å². The number of carboxylic acids is 1. The summed E-state index contributed by atoms with van der Waals surface area (Å²) >= 11 is 0. The molecule has 2 aromatic carbocycles. The fraction of sp³-hybridized carbons (Fsp3) is 0.0870. The van der Waals surface area contributed by atoms with Crippen molar-refractivity contribution in [3.05, 3.63) is 89.6 Å². The van der Waals surface area contributed by atoms with Crippen LogP contribution in [0.3, 0.4) is 0 Å². The van der Waals surface area contributed by atoms with Crippen LogP contribution in [0.4, 0.5) is 10.6 Å². The third-order valence-corrected chi connectivity index (χ3v) is 5.31. The molecule has 30 heavy (non-hydrogen) atoms. The highest BCUT2D eigenvalue weighted by Gasteiger charge is 2.29. The molecule has 1 amide bonds. The van der Waals surface area contributed by atoms with Crippen molar-refractivity contribution < 1.29 is 19.4 Å². The van der Waals surface area contributed by atoms with Crippen molar-refractivity contribution in [1.82, 2.24) is 9.61 Å². The van der Waals surface area contributed by atoms with Crippen molar-refractivity contribution in [2.24, 2.45) is 0 Å². The van der Waals surface area contributed by atoms with Crippen LogP contribution in [0, 0.1) is 0 Å². The van der Waals surface area contributed by atoms with Gasteiger partial charge in [0.05, 0.1) is 11.1 Å². The zero-order valence-corrected chi connectivity index (χ0v) is 15.8. The molecule has 148 valence electrons. The summed E-state index contributed by atoms with van der Waals surface area (Å²) in [4.78, 5) is 23.7. The Morgan fingerprint density at radius 1 is 1.00 bits per heavy atom. The lowest BCUT2D eigenvalue weighted by molar-refractivity contribution is 0.0698. The van der Waals surface area contributed by atoms with Crippen molar-refractivity contribution in [1.29, 1.82) is 0 Å². The van der Waals surface area contributed by atoms with E-state index in [0.29, 0.717) is 5.52 Å². The van der Waals surface area contributed by atoms with Gasteiger partial charge in [0, 0.05) is 18.2 Å². The summed E-state index contributed by atoms with van der Waals surface area (Å²) in [6.45, 7) is 0.188. The number of fused-ring (bicyclic) bond motifs is 4. The highest BCUT2D eigenvalue weighted by Crippen LogP contribution is 2.44. The third-order valence-electron chi connectivity index (χ3n) is 5.31. The van der Waals surface area contributed by atoms with E-state index in [1.54, 1.807) is 12.3 Å². The van der Waals surface area contributed by atoms with Gasteiger partial charge in [0.25, 0.3) is 0 Å². The lowest BCUT2D eigenvalue weighted by atomic mass is 9.98.